The Hall–Kier alpha value is -2.99. The van der Waals surface area contributed by atoms with Gasteiger partial charge in [0.1, 0.15) is 6.10 Å². The Labute approximate surface area is 211 Å². The van der Waals surface area contributed by atoms with E-state index in [1.165, 1.54) is 11.3 Å². The van der Waals surface area contributed by atoms with Gasteiger partial charge in [-0.1, -0.05) is 41.9 Å². The molecule has 3 fully saturated rings. The predicted molar refractivity (Wildman–Crippen MR) is 138 cm³/mol. The van der Waals surface area contributed by atoms with Crippen molar-refractivity contribution in [3.05, 3.63) is 70.4 Å². The van der Waals surface area contributed by atoms with Gasteiger partial charge in [0.2, 0.25) is 5.91 Å². The lowest BCUT2D eigenvalue weighted by Gasteiger charge is -2.44. The molecule has 2 saturated heterocycles. The molecule has 5 rings (SSSR count). The van der Waals surface area contributed by atoms with Gasteiger partial charge in [0.25, 0.3) is 5.91 Å². The third kappa shape index (κ3) is 5.03. The number of hydrogen-bond donors (Lipinski definition) is 1. The van der Waals surface area contributed by atoms with Crippen molar-refractivity contribution in [3.8, 4) is 0 Å². The fourth-order valence-corrected chi connectivity index (χ4v) is 5.75. The molecule has 0 radical (unpaired) electrons. The second-order valence-corrected chi connectivity index (χ2v) is 10.3. The molecule has 3 aliphatic rings. The molecule has 2 aromatic rings. The molecule has 4 atom stereocenters. The highest BCUT2D eigenvalue weighted by Crippen LogP contribution is 2.33. The van der Waals surface area contributed by atoms with Gasteiger partial charge in [-0.15, -0.1) is 0 Å². The number of carbonyl (C=O) groups excluding carboxylic acids is 2. The zero-order chi connectivity index (χ0) is 24.5. The van der Waals surface area contributed by atoms with E-state index in [1.807, 2.05) is 23.1 Å². The fraction of sp³-hybridized carbons (Fsp3) is 0.429. The third-order valence-electron chi connectivity index (χ3n) is 7.42. The molecular weight excluding hydrogens is 462 g/mol. The summed E-state index contributed by atoms with van der Waals surface area (Å²) in [5, 5.41) is 3.66. The number of piperazine rings is 1. The van der Waals surface area contributed by atoms with Gasteiger partial charge in [0.05, 0.1) is 6.04 Å². The molecule has 0 aromatic heterocycles. The molecule has 4 unspecified atom stereocenters. The van der Waals surface area contributed by atoms with Crippen LogP contribution in [0.3, 0.4) is 0 Å². The number of rotatable bonds is 3. The molecule has 0 bridgehead atoms. The number of nitrogens with zero attached hydrogens (tertiary/aromatic N) is 2. The summed E-state index contributed by atoms with van der Waals surface area (Å²) in [5.41, 5.74) is 3.21. The van der Waals surface area contributed by atoms with Crippen molar-refractivity contribution < 1.29 is 14.3 Å². The second kappa shape index (κ2) is 9.94. The standard InChI is InChI=1S/C28H32ClN3O3/c1-18-6-5-8-22(14-18)32-13-12-31(17-19(32)2)28(34)21-10-11-25-24(15-21)30-27(33)26(35-25)16-20-7-3-4-9-23(20)29/h3-9,14,16,19,21,24-25H,10-13,15,17H2,1-2H3,(H,30,33)/b26-16+. The topological polar surface area (TPSA) is 61.9 Å². The number of benzene rings is 2. The van der Waals surface area contributed by atoms with Crippen LogP contribution in [0.25, 0.3) is 6.08 Å². The number of amides is 2. The Morgan fingerprint density at radius 3 is 2.74 bits per heavy atom. The Morgan fingerprint density at radius 2 is 1.97 bits per heavy atom. The van der Waals surface area contributed by atoms with Crippen molar-refractivity contribution in [2.24, 2.45) is 5.92 Å². The first-order chi connectivity index (χ1) is 16.9. The molecule has 1 aliphatic carbocycles. The van der Waals surface area contributed by atoms with Gasteiger partial charge in [-0.2, -0.15) is 0 Å². The largest absolute Gasteiger partial charge is 0.483 e. The minimum Gasteiger partial charge on any atom is -0.483 e. The van der Waals surface area contributed by atoms with E-state index in [0.717, 1.165) is 31.5 Å². The van der Waals surface area contributed by atoms with Crippen LogP contribution in [-0.2, 0) is 14.3 Å². The van der Waals surface area contributed by atoms with E-state index in [9.17, 15) is 9.59 Å². The first-order valence-corrected chi connectivity index (χ1v) is 12.8. The highest BCUT2D eigenvalue weighted by molar-refractivity contribution is 6.32. The first-order valence-electron chi connectivity index (χ1n) is 12.4. The summed E-state index contributed by atoms with van der Waals surface area (Å²) in [6, 6.07) is 16.0. The summed E-state index contributed by atoms with van der Waals surface area (Å²) in [5.74, 6) is 0.141. The van der Waals surface area contributed by atoms with Gasteiger partial charge in [0.15, 0.2) is 5.76 Å². The van der Waals surface area contributed by atoms with Gasteiger partial charge in [-0.05, 0) is 68.5 Å². The maximum absolute atomic E-state index is 13.4. The van der Waals surface area contributed by atoms with Crippen molar-refractivity contribution in [1.29, 1.82) is 0 Å². The maximum Gasteiger partial charge on any atom is 0.286 e. The van der Waals surface area contributed by atoms with Crippen LogP contribution in [0.15, 0.2) is 54.3 Å². The quantitative estimate of drug-likeness (QED) is 0.643. The minimum atomic E-state index is -0.250. The summed E-state index contributed by atoms with van der Waals surface area (Å²) in [4.78, 5) is 30.6. The first kappa shape index (κ1) is 23.7. The number of anilines is 1. The highest BCUT2D eigenvalue weighted by atomic mass is 35.5. The fourth-order valence-electron chi connectivity index (χ4n) is 5.56. The van der Waals surface area contributed by atoms with E-state index in [0.29, 0.717) is 18.0 Å². The number of ether oxygens (including phenoxy) is 1. The van der Waals surface area contributed by atoms with Crippen molar-refractivity contribution >= 4 is 35.2 Å². The van der Waals surface area contributed by atoms with Crippen LogP contribution < -0.4 is 10.2 Å². The van der Waals surface area contributed by atoms with E-state index < -0.39 is 0 Å². The van der Waals surface area contributed by atoms with E-state index >= 15 is 0 Å². The Bertz CT molecular complexity index is 1150. The lowest BCUT2D eigenvalue weighted by molar-refractivity contribution is -0.142. The molecule has 7 heteroatoms. The molecule has 6 nitrogen and oxygen atoms in total. The minimum absolute atomic E-state index is 0.0908. The molecule has 35 heavy (non-hydrogen) atoms. The van der Waals surface area contributed by atoms with Crippen molar-refractivity contribution in [2.75, 3.05) is 24.5 Å². The average molecular weight is 494 g/mol. The third-order valence-corrected chi connectivity index (χ3v) is 7.76. The highest BCUT2D eigenvalue weighted by Gasteiger charge is 2.42. The maximum atomic E-state index is 13.4. The number of hydrogen-bond acceptors (Lipinski definition) is 4. The molecule has 1 saturated carbocycles. The van der Waals surface area contributed by atoms with Gasteiger partial charge < -0.3 is 19.9 Å². The Kier molecular flexibility index (Phi) is 6.74. The normalized spacial score (nSPS) is 27.7. The zero-order valence-electron chi connectivity index (χ0n) is 20.2. The van der Waals surface area contributed by atoms with Crippen LogP contribution in [0.5, 0.6) is 0 Å². The van der Waals surface area contributed by atoms with Crippen molar-refractivity contribution in [1.82, 2.24) is 10.2 Å². The van der Waals surface area contributed by atoms with Crippen LogP contribution in [0.2, 0.25) is 5.02 Å². The van der Waals surface area contributed by atoms with Crippen LogP contribution in [0.1, 0.15) is 37.3 Å². The molecule has 2 aromatic carbocycles. The monoisotopic (exact) mass is 493 g/mol. The molecular formula is C28H32ClN3O3. The van der Waals surface area contributed by atoms with Crippen LogP contribution in [-0.4, -0.2) is 54.5 Å². The summed E-state index contributed by atoms with van der Waals surface area (Å²) in [6.45, 7) is 6.54. The summed E-state index contributed by atoms with van der Waals surface area (Å²) < 4.78 is 6.08. The van der Waals surface area contributed by atoms with Crippen LogP contribution >= 0.6 is 11.6 Å². The molecule has 2 aliphatic heterocycles. The molecule has 184 valence electrons. The number of aryl methyl sites for hydroxylation is 1. The Balaban J connectivity index is 1.20. The van der Waals surface area contributed by atoms with Gasteiger partial charge in [-0.3, -0.25) is 9.59 Å². The van der Waals surface area contributed by atoms with E-state index in [-0.39, 0.29) is 41.7 Å². The number of nitrogens with one attached hydrogen (secondary N) is 1. The smallest absolute Gasteiger partial charge is 0.286 e. The van der Waals surface area contributed by atoms with Crippen LogP contribution in [0, 0.1) is 12.8 Å². The molecule has 0 spiro atoms. The number of carbonyl (C=O) groups is 2. The molecule has 2 heterocycles. The second-order valence-electron chi connectivity index (χ2n) is 9.94. The van der Waals surface area contributed by atoms with E-state index in [1.54, 1.807) is 12.1 Å². The summed E-state index contributed by atoms with van der Waals surface area (Å²) in [7, 11) is 0. The summed E-state index contributed by atoms with van der Waals surface area (Å²) >= 11 is 6.24. The lowest BCUT2D eigenvalue weighted by atomic mass is 9.82. The Morgan fingerprint density at radius 1 is 1.14 bits per heavy atom. The predicted octanol–water partition coefficient (Wildman–Crippen LogP) is 4.41. The molecule has 1 N–H and O–H groups in total. The van der Waals surface area contributed by atoms with Gasteiger partial charge >= 0.3 is 0 Å². The van der Waals surface area contributed by atoms with Gasteiger partial charge in [-0.25, -0.2) is 0 Å². The average Bonchev–Trinajstić information content (AvgIpc) is 2.85. The SMILES string of the molecule is Cc1cccc(N2CCN(C(=O)C3CCC4O/C(=C/c5ccccc5Cl)C(=O)NC4C3)CC2C)c1. The number of fused-ring (bicyclic) bond motifs is 1. The van der Waals surface area contributed by atoms with Crippen molar-refractivity contribution in [2.45, 2.75) is 51.3 Å². The zero-order valence-corrected chi connectivity index (χ0v) is 21.0. The summed E-state index contributed by atoms with van der Waals surface area (Å²) in [6.07, 6.45) is 3.69. The van der Waals surface area contributed by atoms with E-state index in [2.05, 4.69) is 48.3 Å². The van der Waals surface area contributed by atoms with E-state index in [4.69, 9.17) is 16.3 Å². The van der Waals surface area contributed by atoms with Gasteiger partial charge in [0, 0.05) is 42.3 Å². The van der Waals surface area contributed by atoms with Crippen LogP contribution in [0.4, 0.5) is 5.69 Å². The van der Waals surface area contributed by atoms with Crippen molar-refractivity contribution in [3.63, 3.8) is 0 Å². The number of morpholine rings is 1. The number of halogens is 1. The lowest BCUT2D eigenvalue weighted by Crippen LogP contribution is -2.58. The molecule has 2 amide bonds.